The van der Waals surface area contributed by atoms with Gasteiger partial charge in [-0.15, -0.1) is 0 Å². The molecule has 80 heavy (non-hydrogen) atoms. The fraction of sp³-hybridized carbons (Fsp3) is 0. The van der Waals surface area contributed by atoms with E-state index in [9.17, 15) is 26.3 Å². The summed E-state index contributed by atoms with van der Waals surface area (Å²) in [6, 6.07) is 63.0. The maximum atomic E-state index is 10.9. The van der Waals surface area contributed by atoms with Crippen molar-refractivity contribution < 1.29 is 0 Å². The normalized spacial score (nSPS) is 10.6. The first-order chi connectivity index (χ1) is 39.2. The molecule has 12 rings (SSSR count). The van der Waals surface area contributed by atoms with Crippen molar-refractivity contribution in [3.05, 3.63) is 256 Å². The lowest BCUT2D eigenvalue weighted by molar-refractivity contribution is 1.15. The molecule has 12 heteroatoms. The van der Waals surface area contributed by atoms with Gasteiger partial charge in [0.15, 0.2) is 22.7 Å². The zero-order chi connectivity index (χ0) is 55.2. The number of nitrogens with zero attached hydrogens (tertiary/aromatic N) is 12. The van der Waals surface area contributed by atoms with Crippen LogP contribution in [0.4, 0.5) is 22.7 Å². The lowest BCUT2D eigenvalue weighted by atomic mass is 9.97. The van der Waals surface area contributed by atoms with E-state index < -0.39 is 0 Å². The second-order valence-electron chi connectivity index (χ2n) is 18.8. The molecule has 0 aliphatic rings. The summed E-state index contributed by atoms with van der Waals surface area (Å²) in [5.74, 6) is 0. The molecule has 0 amide bonds. The average Bonchev–Trinajstić information content (AvgIpc) is 4.25. The summed E-state index contributed by atoms with van der Waals surface area (Å²) in [5, 5.41) is 53.9. The zero-order valence-corrected chi connectivity index (χ0v) is 41.7. The molecule has 0 fully saturated rings. The molecular weight excluding hydrogens is 985 g/mol. The lowest BCUT2D eigenvalue weighted by Gasteiger charge is -2.16. The van der Waals surface area contributed by atoms with Crippen LogP contribution in [0.1, 0.15) is 27.8 Å². The fourth-order valence-corrected chi connectivity index (χ4v) is 10.7. The zero-order valence-electron chi connectivity index (χ0n) is 41.7. The summed E-state index contributed by atoms with van der Waals surface area (Å²) >= 11 is 0. The molecule has 12 nitrogen and oxygen atoms in total. The van der Waals surface area contributed by atoms with Crippen molar-refractivity contribution in [2.75, 3.05) is 0 Å². The summed E-state index contributed by atoms with van der Waals surface area (Å²) < 4.78 is 4.25. The standard InChI is InChI=1S/C68H30N12/c1-74-53-22-42(36-71)20-50(24-53)45-7-12-65-60(29-45)59-28-44(49-18-40(34-69)17-41(19-49)35-70)6-11-64(59)79(65)57-10-5-48(38-73)58(33-57)63-39-78-16-15-68(63)80-66-13-8-46(51-21-43(37-72)23-54(25-51)75-2)30-61(66)62-31-47(9-14-67(62)80)52-26-55(76-3)32-56(27-52)77-4/h5-33,39H. The number of fused-ring (bicyclic) bond motifs is 6. The number of rotatable bonds is 7. The molecule has 0 unspecified atom stereocenters. The molecule has 3 heterocycles. The molecule has 0 radical (unpaired) electrons. The Hall–Kier alpha value is -12.9. The molecule has 9 aromatic carbocycles. The Morgan fingerprint density at radius 3 is 1.14 bits per heavy atom. The molecule has 0 N–H and O–H groups in total. The Morgan fingerprint density at radius 2 is 0.725 bits per heavy atom. The minimum absolute atomic E-state index is 0.335. The molecule has 12 aromatic rings. The van der Waals surface area contributed by atoms with Gasteiger partial charge < -0.3 is 9.13 Å². The molecule has 0 saturated carbocycles. The van der Waals surface area contributed by atoms with E-state index in [-0.39, 0.29) is 0 Å². The average molecular weight is 1020 g/mol. The Bertz CT molecular complexity index is 4750. The van der Waals surface area contributed by atoms with Gasteiger partial charge in [-0.3, -0.25) is 4.98 Å². The van der Waals surface area contributed by atoms with Gasteiger partial charge in [0, 0.05) is 61.9 Å². The SMILES string of the molecule is [C-]#[N+]c1cc(C#N)cc(-c2ccc3c(c2)c2cc(-c4cc(C#N)cc(C#N)c4)ccc2n3-c2ccc(C#N)c(-c3cnccc3-n3c4ccc(-c5cc(C#N)cc([N+]#[C-])c5)cc4c4cc(-c5cc([N+]#[C-])cc([N+]#[C-])c5)ccc43)c2)c1. The fourth-order valence-electron chi connectivity index (χ4n) is 10.7. The van der Waals surface area contributed by atoms with Crippen LogP contribution in [-0.4, -0.2) is 14.1 Å². The number of hydrogen-bond donors (Lipinski definition) is 0. The highest BCUT2D eigenvalue weighted by Crippen LogP contribution is 2.44. The van der Waals surface area contributed by atoms with E-state index in [1.807, 2.05) is 91.0 Å². The maximum absolute atomic E-state index is 10.9. The summed E-state index contributed by atoms with van der Waals surface area (Å²) in [6.07, 6.45) is 3.45. The van der Waals surface area contributed by atoms with Crippen molar-refractivity contribution in [1.82, 2.24) is 14.1 Å². The van der Waals surface area contributed by atoms with E-state index in [0.717, 1.165) is 71.6 Å². The summed E-state index contributed by atoms with van der Waals surface area (Å²) in [7, 11) is 0. The second kappa shape index (κ2) is 19.4. The quantitative estimate of drug-likeness (QED) is 0.145. The van der Waals surface area contributed by atoms with Crippen LogP contribution in [0.15, 0.2) is 182 Å². The van der Waals surface area contributed by atoms with Crippen LogP contribution in [0, 0.1) is 82.9 Å². The second-order valence-corrected chi connectivity index (χ2v) is 18.8. The Labute approximate surface area is 457 Å². The first kappa shape index (κ1) is 48.1. The van der Waals surface area contributed by atoms with Crippen LogP contribution in [-0.2, 0) is 0 Å². The van der Waals surface area contributed by atoms with Crippen molar-refractivity contribution in [3.63, 3.8) is 0 Å². The van der Waals surface area contributed by atoms with Gasteiger partial charge in [-0.05, 0) is 172 Å². The van der Waals surface area contributed by atoms with Gasteiger partial charge in [-0.25, -0.2) is 19.4 Å². The first-order valence-electron chi connectivity index (χ1n) is 24.5. The summed E-state index contributed by atoms with van der Waals surface area (Å²) in [4.78, 5) is 19.2. The Balaban J connectivity index is 1.08. The topological polar surface area (TPSA) is 159 Å². The van der Waals surface area contributed by atoms with E-state index in [0.29, 0.717) is 89.6 Å². The van der Waals surface area contributed by atoms with Gasteiger partial charge in [0.1, 0.15) is 0 Å². The molecular formula is C68H30N12. The monoisotopic (exact) mass is 1010 g/mol. The highest BCUT2D eigenvalue weighted by atomic mass is 15.0. The van der Waals surface area contributed by atoms with Gasteiger partial charge in [-0.2, -0.15) is 26.3 Å². The third-order valence-corrected chi connectivity index (χ3v) is 14.3. The summed E-state index contributed by atoms with van der Waals surface area (Å²) in [6.45, 7) is 31.0. The van der Waals surface area contributed by atoms with Gasteiger partial charge >= 0.3 is 0 Å². The molecule has 0 atom stereocenters. The molecule has 0 saturated heterocycles. The third kappa shape index (κ3) is 8.17. The predicted molar refractivity (Wildman–Crippen MR) is 309 cm³/mol. The number of nitriles is 5. The molecule has 3 aromatic heterocycles. The summed E-state index contributed by atoms with van der Waals surface area (Å²) in [5.41, 5.74) is 15.0. The first-order valence-corrected chi connectivity index (χ1v) is 24.5. The van der Waals surface area contributed by atoms with Gasteiger partial charge in [-0.1, -0.05) is 42.5 Å². The van der Waals surface area contributed by atoms with Crippen LogP contribution in [0.2, 0.25) is 0 Å². The minimum Gasteiger partial charge on any atom is -0.309 e. The van der Waals surface area contributed by atoms with Crippen LogP contribution in [0.25, 0.3) is 130 Å². The number of aromatic nitrogens is 3. The van der Waals surface area contributed by atoms with Gasteiger partial charge in [0.05, 0.1) is 101 Å². The van der Waals surface area contributed by atoms with E-state index in [1.54, 1.807) is 91.3 Å². The largest absolute Gasteiger partial charge is 0.309 e. The van der Waals surface area contributed by atoms with Crippen molar-refractivity contribution in [2.24, 2.45) is 0 Å². The molecule has 0 aliphatic heterocycles. The van der Waals surface area contributed by atoms with E-state index in [4.69, 9.17) is 26.3 Å². The maximum Gasteiger partial charge on any atom is 0.189 e. The van der Waals surface area contributed by atoms with Crippen molar-refractivity contribution in [1.29, 1.82) is 26.3 Å². The molecule has 0 spiro atoms. The van der Waals surface area contributed by atoms with Gasteiger partial charge in [0.2, 0.25) is 0 Å². The van der Waals surface area contributed by atoms with E-state index >= 15 is 0 Å². The van der Waals surface area contributed by atoms with Crippen LogP contribution in [0.3, 0.4) is 0 Å². The van der Waals surface area contributed by atoms with Crippen LogP contribution in [0.5, 0.6) is 0 Å². The lowest BCUT2D eigenvalue weighted by Crippen LogP contribution is -2.01. The molecule has 0 aliphatic carbocycles. The smallest absolute Gasteiger partial charge is 0.189 e. The number of hydrogen-bond acceptors (Lipinski definition) is 6. The van der Waals surface area contributed by atoms with E-state index in [2.05, 4.69) is 63.8 Å². The highest BCUT2D eigenvalue weighted by molar-refractivity contribution is 6.13. The van der Waals surface area contributed by atoms with Crippen molar-refractivity contribution in [3.8, 4) is 97.4 Å². The van der Waals surface area contributed by atoms with Crippen LogP contribution < -0.4 is 0 Å². The highest BCUT2D eigenvalue weighted by Gasteiger charge is 2.22. The Kier molecular flexibility index (Phi) is 11.7. The van der Waals surface area contributed by atoms with E-state index in [1.165, 1.54) is 0 Å². The Morgan fingerprint density at radius 1 is 0.338 bits per heavy atom. The van der Waals surface area contributed by atoms with Gasteiger partial charge in [0.25, 0.3) is 0 Å². The predicted octanol–water partition coefficient (Wildman–Crippen LogP) is 17.2. The number of benzene rings is 9. The van der Waals surface area contributed by atoms with Crippen LogP contribution >= 0.6 is 0 Å². The van der Waals surface area contributed by atoms with Crippen molar-refractivity contribution >= 4 is 66.4 Å². The third-order valence-electron chi connectivity index (χ3n) is 14.3. The molecule has 0 bridgehead atoms. The van der Waals surface area contributed by atoms with Crippen molar-refractivity contribution in [2.45, 2.75) is 0 Å². The number of pyridine rings is 1. The minimum atomic E-state index is 0.335. The molecule has 362 valence electrons.